The molecule has 174 valence electrons. The van der Waals surface area contributed by atoms with Crippen molar-refractivity contribution in [3.8, 4) is 22.8 Å². The van der Waals surface area contributed by atoms with Crippen LogP contribution >= 0.6 is 11.3 Å². The van der Waals surface area contributed by atoms with E-state index in [9.17, 15) is 0 Å². The molecule has 3 aromatic heterocycles. The molecule has 0 fully saturated rings. The van der Waals surface area contributed by atoms with Gasteiger partial charge in [0.2, 0.25) is 5.69 Å². The second kappa shape index (κ2) is 6.86. The Morgan fingerprint density at radius 3 is 2.46 bits per heavy atom. The first-order chi connectivity index (χ1) is 16.7. The molecule has 3 aromatic carbocycles. The minimum atomic E-state index is 0.124. The Bertz CT molecular complexity index is 1860. The van der Waals surface area contributed by atoms with E-state index in [0.29, 0.717) is 0 Å². The van der Waals surface area contributed by atoms with E-state index in [1.807, 2.05) is 0 Å². The highest BCUT2D eigenvalue weighted by Crippen LogP contribution is 2.53. The Hall–Kier alpha value is -3.37. The van der Waals surface area contributed by atoms with Gasteiger partial charge in [-0.25, -0.2) is 4.57 Å². The van der Waals surface area contributed by atoms with E-state index < -0.39 is 0 Å². The maximum absolute atomic E-state index is 6.95. The number of hydrogen-bond acceptors (Lipinski definition) is 3. The summed E-state index contributed by atoms with van der Waals surface area (Å²) < 4.78 is 15.6. The van der Waals surface area contributed by atoms with E-state index in [1.165, 1.54) is 43.4 Å². The molecule has 0 aliphatic carbocycles. The Balaban J connectivity index is 1.67. The summed E-state index contributed by atoms with van der Waals surface area (Å²) in [5.74, 6) is 1.93. The maximum Gasteiger partial charge on any atom is 0.228 e. The topological polar surface area (TPSA) is 26.2 Å². The number of thiophene rings is 1. The SMILES string of the molecule is Cc1cc2c(oc3c4cc[n+](C)c5c4c(cc23)Oc2c-5c(C)c3ccccc3c2CC(C)(C)C)s1. The van der Waals surface area contributed by atoms with Crippen LogP contribution in [-0.4, -0.2) is 0 Å². The van der Waals surface area contributed by atoms with Gasteiger partial charge in [-0.1, -0.05) is 45.0 Å². The number of ether oxygens (including phenoxy) is 1. The second-order valence-electron chi connectivity index (χ2n) is 11.2. The number of aromatic nitrogens is 1. The predicted molar refractivity (Wildman–Crippen MR) is 146 cm³/mol. The zero-order chi connectivity index (χ0) is 24.2. The molecule has 1 aliphatic heterocycles. The average Bonchev–Trinajstić information content (AvgIpc) is 3.33. The van der Waals surface area contributed by atoms with Crippen LogP contribution in [0.25, 0.3) is 54.1 Å². The van der Waals surface area contributed by atoms with Crippen LogP contribution in [0.5, 0.6) is 11.5 Å². The minimum absolute atomic E-state index is 0.124. The van der Waals surface area contributed by atoms with E-state index in [-0.39, 0.29) is 5.41 Å². The van der Waals surface area contributed by atoms with Crippen LogP contribution < -0.4 is 9.30 Å². The van der Waals surface area contributed by atoms with Crippen molar-refractivity contribution in [1.82, 2.24) is 0 Å². The van der Waals surface area contributed by atoms with Crippen molar-refractivity contribution in [3.63, 3.8) is 0 Å². The van der Waals surface area contributed by atoms with E-state index >= 15 is 0 Å². The molecule has 0 bridgehead atoms. The number of pyridine rings is 1. The van der Waals surface area contributed by atoms with Crippen molar-refractivity contribution in [3.05, 3.63) is 64.7 Å². The molecular weight excluding hydrogens is 450 g/mol. The lowest BCUT2D eigenvalue weighted by molar-refractivity contribution is -0.659. The summed E-state index contributed by atoms with van der Waals surface area (Å²) in [5, 5.41) is 7.14. The molecule has 0 spiro atoms. The van der Waals surface area contributed by atoms with Gasteiger partial charge in [-0.05, 0) is 54.2 Å². The molecule has 0 unspecified atom stereocenters. The smallest absolute Gasteiger partial charge is 0.228 e. The Morgan fingerprint density at radius 1 is 0.914 bits per heavy atom. The molecule has 0 saturated carbocycles. The summed E-state index contributed by atoms with van der Waals surface area (Å²) in [5.41, 5.74) is 6.03. The highest BCUT2D eigenvalue weighted by Gasteiger charge is 2.35. The van der Waals surface area contributed by atoms with Gasteiger partial charge in [0.05, 0.1) is 5.56 Å². The zero-order valence-electron chi connectivity index (χ0n) is 21.0. The lowest BCUT2D eigenvalue weighted by Crippen LogP contribution is -2.32. The number of furan rings is 1. The summed E-state index contributed by atoms with van der Waals surface area (Å²) in [6.45, 7) is 11.3. The van der Waals surface area contributed by atoms with Crippen LogP contribution in [-0.2, 0) is 13.5 Å². The summed E-state index contributed by atoms with van der Waals surface area (Å²) >= 11 is 1.71. The van der Waals surface area contributed by atoms with Gasteiger partial charge in [-0.15, -0.1) is 11.3 Å². The lowest BCUT2D eigenvalue weighted by Gasteiger charge is -2.28. The van der Waals surface area contributed by atoms with Crippen molar-refractivity contribution in [2.75, 3.05) is 0 Å². The molecule has 35 heavy (non-hydrogen) atoms. The summed E-state index contributed by atoms with van der Waals surface area (Å²) in [4.78, 5) is 2.24. The average molecular weight is 479 g/mol. The van der Waals surface area contributed by atoms with Gasteiger partial charge in [0.25, 0.3) is 0 Å². The van der Waals surface area contributed by atoms with Gasteiger partial charge in [-0.3, -0.25) is 0 Å². The molecule has 4 heterocycles. The van der Waals surface area contributed by atoms with Crippen LogP contribution in [0.4, 0.5) is 0 Å². The monoisotopic (exact) mass is 478 g/mol. The molecule has 0 atom stereocenters. The molecule has 0 amide bonds. The van der Waals surface area contributed by atoms with Crippen molar-refractivity contribution in [1.29, 1.82) is 0 Å². The molecule has 0 radical (unpaired) electrons. The van der Waals surface area contributed by atoms with Crippen molar-refractivity contribution >= 4 is 54.1 Å². The fourth-order valence-corrected chi connectivity index (χ4v) is 6.78. The highest BCUT2D eigenvalue weighted by atomic mass is 32.1. The molecule has 1 aliphatic rings. The van der Waals surface area contributed by atoms with Gasteiger partial charge in [0, 0.05) is 32.7 Å². The van der Waals surface area contributed by atoms with Gasteiger partial charge in [-0.2, -0.15) is 0 Å². The predicted octanol–water partition coefficient (Wildman–Crippen LogP) is 8.76. The first-order valence-corrected chi connectivity index (χ1v) is 13.0. The highest BCUT2D eigenvalue weighted by molar-refractivity contribution is 7.18. The van der Waals surface area contributed by atoms with E-state index in [0.717, 1.165) is 44.6 Å². The second-order valence-corrected chi connectivity index (χ2v) is 12.4. The molecule has 0 saturated heterocycles. The number of nitrogens with zero attached hydrogens (tertiary/aromatic N) is 1. The fraction of sp³-hybridized carbons (Fsp3) is 0.258. The van der Waals surface area contributed by atoms with Crippen molar-refractivity contribution in [2.24, 2.45) is 12.5 Å². The van der Waals surface area contributed by atoms with Crippen LogP contribution in [0.1, 0.15) is 36.8 Å². The molecule has 7 rings (SSSR count). The summed E-state index contributed by atoms with van der Waals surface area (Å²) in [7, 11) is 2.14. The standard InChI is InChI=1S/C31H28NO2S/c1-16-13-22-21-14-24-26-20(28(21)34-30(22)35-16)11-12-32(6)27(26)25-17(2)18-9-7-8-10-19(18)23(29(25)33-24)15-31(3,4)5/h7-14H,15H2,1-6H3/q+1. The van der Waals surface area contributed by atoms with Crippen LogP contribution in [0.2, 0.25) is 0 Å². The number of hydrogen-bond donors (Lipinski definition) is 0. The molecule has 4 heteroatoms. The van der Waals surface area contributed by atoms with Crippen LogP contribution in [0.15, 0.2) is 53.1 Å². The normalized spacial score (nSPS) is 13.2. The molecule has 0 N–H and O–H groups in total. The number of aryl methyl sites for hydroxylation is 3. The number of benzene rings is 3. The fourth-order valence-electron chi connectivity index (χ4n) is 5.91. The van der Waals surface area contributed by atoms with Gasteiger partial charge < -0.3 is 9.15 Å². The zero-order valence-corrected chi connectivity index (χ0v) is 21.8. The maximum atomic E-state index is 6.95. The molecule has 3 nitrogen and oxygen atoms in total. The third-order valence-corrected chi connectivity index (χ3v) is 8.26. The van der Waals surface area contributed by atoms with E-state index in [1.54, 1.807) is 11.3 Å². The van der Waals surface area contributed by atoms with Gasteiger partial charge >= 0.3 is 0 Å². The minimum Gasteiger partial charge on any atom is -0.455 e. The molecular formula is C31H28NO2S+. The number of rotatable bonds is 1. The third-order valence-electron chi connectivity index (χ3n) is 7.33. The largest absolute Gasteiger partial charge is 0.455 e. The van der Waals surface area contributed by atoms with Crippen LogP contribution in [0, 0.1) is 19.3 Å². The van der Waals surface area contributed by atoms with Gasteiger partial charge in [0.15, 0.2) is 11.1 Å². The third kappa shape index (κ3) is 2.86. The summed E-state index contributed by atoms with van der Waals surface area (Å²) in [6, 6.07) is 15.4. The van der Waals surface area contributed by atoms with Crippen molar-refractivity contribution in [2.45, 2.75) is 41.0 Å². The summed E-state index contributed by atoms with van der Waals surface area (Å²) in [6.07, 6.45) is 3.10. The first-order valence-electron chi connectivity index (χ1n) is 12.2. The van der Waals surface area contributed by atoms with Crippen LogP contribution in [0.3, 0.4) is 0 Å². The Kier molecular flexibility index (Phi) is 4.10. The van der Waals surface area contributed by atoms with E-state index in [4.69, 9.17) is 9.15 Å². The molecule has 6 aromatic rings. The first kappa shape index (κ1) is 21.0. The quantitative estimate of drug-likeness (QED) is 0.220. The van der Waals surface area contributed by atoms with Gasteiger partial charge in [0.1, 0.15) is 29.5 Å². The Morgan fingerprint density at radius 2 is 1.69 bits per heavy atom. The lowest BCUT2D eigenvalue weighted by atomic mass is 9.81. The Labute approximate surface area is 208 Å². The number of fused-ring (bicyclic) bond motifs is 7. The van der Waals surface area contributed by atoms with E-state index in [2.05, 4.69) is 94.9 Å². The van der Waals surface area contributed by atoms with Crippen molar-refractivity contribution < 1.29 is 13.7 Å².